The van der Waals surface area contributed by atoms with E-state index < -0.39 is 0 Å². The van der Waals surface area contributed by atoms with E-state index in [0.717, 1.165) is 18.2 Å². The summed E-state index contributed by atoms with van der Waals surface area (Å²) in [5.41, 5.74) is 0. The first-order valence-electron chi connectivity index (χ1n) is 3.57. The molecule has 0 amide bonds. The van der Waals surface area contributed by atoms with Crippen LogP contribution >= 0.6 is 24.2 Å². The molecule has 1 aromatic rings. The molecule has 0 bridgehead atoms. The van der Waals surface area contributed by atoms with Crippen LogP contribution < -0.4 is 5.32 Å². The molecule has 68 valence electrons. The van der Waals surface area contributed by atoms with Crippen molar-refractivity contribution in [1.82, 2.24) is 20.1 Å². The van der Waals surface area contributed by atoms with Gasteiger partial charge in [0.05, 0.1) is 0 Å². The van der Waals surface area contributed by atoms with Crippen LogP contribution in [0.4, 0.5) is 0 Å². The van der Waals surface area contributed by atoms with Crippen LogP contribution in [0.2, 0.25) is 0 Å². The number of thioether (sulfide) groups is 1. The fourth-order valence-corrected chi connectivity index (χ4v) is 1.88. The summed E-state index contributed by atoms with van der Waals surface area (Å²) >= 11 is 1.79. The van der Waals surface area contributed by atoms with Crippen molar-refractivity contribution < 1.29 is 0 Å². The zero-order chi connectivity index (χ0) is 7.68. The summed E-state index contributed by atoms with van der Waals surface area (Å²) in [5.74, 6) is 0. The summed E-state index contributed by atoms with van der Waals surface area (Å²) in [6.07, 6.45) is 1.73. The molecule has 1 aliphatic rings. The predicted molar refractivity (Wildman–Crippen MR) is 50.8 cm³/mol. The average molecular weight is 207 g/mol. The van der Waals surface area contributed by atoms with Gasteiger partial charge in [0.25, 0.3) is 0 Å². The van der Waals surface area contributed by atoms with Crippen LogP contribution in [0.25, 0.3) is 0 Å². The Bertz CT molecular complexity index is 247. The topological polar surface area (TPSA) is 42.7 Å². The predicted octanol–water partition coefficient (Wildman–Crippen LogP) is 0.301. The van der Waals surface area contributed by atoms with Crippen molar-refractivity contribution in [1.29, 1.82) is 0 Å². The van der Waals surface area contributed by atoms with E-state index in [1.807, 2.05) is 11.6 Å². The molecule has 0 unspecified atom stereocenters. The first-order chi connectivity index (χ1) is 5.36. The molecule has 12 heavy (non-hydrogen) atoms. The highest BCUT2D eigenvalue weighted by atomic mass is 35.5. The molecule has 1 aliphatic heterocycles. The lowest BCUT2D eigenvalue weighted by Gasteiger charge is -2.25. The monoisotopic (exact) mass is 206 g/mol. The molecular formula is C6H11ClN4S. The number of halogens is 1. The van der Waals surface area contributed by atoms with Gasteiger partial charge in [0.15, 0.2) is 5.16 Å². The minimum atomic E-state index is 0. The SMILES string of the molecule is Cl.Cn1cnnc1SC1CNC1. The third kappa shape index (κ3) is 1.91. The van der Waals surface area contributed by atoms with Gasteiger partial charge in [0, 0.05) is 25.4 Å². The van der Waals surface area contributed by atoms with Crippen molar-refractivity contribution >= 4 is 24.2 Å². The minimum absolute atomic E-state index is 0. The lowest BCUT2D eigenvalue weighted by atomic mass is 10.3. The van der Waals surface area contributed by atoms with Crippen molar-refractivity contribution in [2.45, 2.75) is 10.4 Å². The van der Waals surface area contributed by atoms with Crippen LogP contribution in [0, 0.1) is 0 Å². The second-order valence-electron chi connectivity index (χ2n) is 2.62. The number of nitrogens with one attached hydrogen (secondary N) is 1. The second-order valence-corrected chi connectivity index (χ2v) is 3.89. The minimum Gasteiger partial charge on any atom is -0.314 e. The number of nitrogens with zero attached hydrogens (tertiary/aromatic N) is 3. The zero-order valence-corrected chi connectivity index (χ0v) is 8.36. The number of rotatable bonds is 2. The standard InChI is InChI=1S/C6H10N4S.ClH/c1-10-4-8-9-6(10)11-5-2-7-3-5;/h4-5,7H,2-3H2,1H3;1H. The molecule has 1 aromatic heterocycles. The third-order valence-corrected chi connectivity index (χ3v) is 2.93. The van der Waals surface area contributed by atoms with E-state index in [0.29, 0.717) is 5.25 Å². The van der Waals surface area contributed by atoms with Gasteiger partial charge in [0.2, 0.25) is 0 Å². The molecule has 0 aromatic carbocycles. The summed E-state index contributed by atoms with van der Waals surface area (Å²) < 4.78 is 1.95. The number of aryl methyl sites for hydroxylation is 1. The molecule has 1 fully saturated rings. The average Bonchev–Trinajstić information content (AvgIpc) is 2.27. The van der Waals surface area contributed by atoms with Gasteiger partial charge in [-0.3, -0.25) is 0 Å². The molecule has 1 N–H and O–H groups in total. The van der Waals surface area contributed by atoms with Crippen molar-refractivity contribution in [3.8, 4) is 0 Å². The molecule has 0 atom stereocenters. The van der Waals surface area contributed by atoms with Gasteiger partial charge in [-0.25, -0.2) is 0 Å². The van der Waals surface area contributed by atoms with Gasteiger partial charge < -0.3 is 9.88 Å². The van der Waals surface area contributed by atoms with Gasteiger partial charge in [-0.05, 0) is 0 Å². The Morgan fingerprint density at radius 1 is 1.67 bits per heavy atom. The van der Waals surface area contributed by atoms with Crippen molar-refractivity contribution in [3.05, 3.63) is 6.33 Å². The molecule has 2 rings (SSSR count). The van der Waals surface area contributed by atoms with E-state index in [-0.39, 0.29) is 12.4 Å². The second kappa shape index (κ2) is 4.11. The van der Waals surface area contributed by atoms with E-state index in [2.05, 4.69) is 15.5 Å². The zero-order valence-electron chi connectivity index (χ0n) is 6.73. The fraction of sp³-hybridized carbons (Fsp3) is 0.667. The molecule has 0 aliphatic carbocycles. The van der Waals surface area contributed by atoms with Crippen LogP contribution in [0.1, 0.15) is 0 Å². The lowest BCUT2D eigenvalue weighted by molar-refractivity contribution is 0.541. The van der Waals surface area contributed by atoms with Crippen LogP contribution in [-0.4, -0.2) is 33.1 Å². The van der Waals surface area contributed by atoms with Crippen LogP contribution in [0.3, 0.4) is 0 Å². The largest absolute Gasteiger partial charge is 0.314 e. The molecule has 0 spiro atoms. The Hall–Kier alpha value is -0.260. The number of aromatic nitrogens is 3. The Balaban J connectivity index is 0.000000720. The molecular weight excluding hydrogens is 196 g/mol. The maximum absolute atomic E-state index is 3.99. The van der Waals surface area contributed by atoms with Gasteiger partial charge in [-0.15, -0.1) is 22.6 Å². The van der Waals surface area contributed by atoms with Gasteiger partial charge >= 0.3 is 0 Å². The Morgan fingerprint density at radius 3 is 2.83 bits per heavy atom. The Kier molecular flexibility index (Phi) is 3.37. The third-order valence-electron chi connectivity index (χ3n) is 1.69. The van der Waals surface area contributed by atoms with Crippen LogP contribution in [0.15, 0.2) is 11.5 Å². The molecule has 6 heteroatoms. The first-order valence-corrected chi connectivity index (χ1v) is 4.45. The van der Waals surface area contributed by atoms with E-state index in [1.54, 1.807) is 18.1 Å². The van der Waals surface area contributed by atoms with Crippen molar-refractivity contribution in [3.63, 3.8) is 0 Å². The summed E-state index contributed by atoms with van der Waals surface area (Å²) in [6, 6.07) is 0. The van der Waals surface area contributed by atoms with Gasteiger partial charge in [-0.1, -0.05) is 11.8 Å². The molecule has 4 nitrogen and oxygen atoms in total. The van der Waals surface area contributed by atoms with E-state index in [9.17, 15) is 0 Å². The summed E-state index contributed by atoms with van der Waals surface area (Å²) in [6.45, 7) is 2.19. The Morgan fingerprint density at radius 2 is 2.42 bits per heavy atom. The summed E-state index contributed by atoms with van der Waals surface area (Å²) in [5, 5.41) is 12.7. The quantitative estimate of drug-likeness (QED) is 0.756. The highest BCUT2D eigenvalue weighted by Gasteiger charge is 2.19. The van der Waals surface area contributed by atoms with Crippen molar-refractivity contribution in [2.24, 2.45) is 7.05 Å². The smallest absolute Gasteiger partial charge is 0.191 e. The highest BCUT2D eigenvalue weighted by Crippen LogP contribution is 2.22. The van der Waals surface area contributed by atoms with E-state index in [1.165, 1.54) is 0 Å². The van der Waals surface area contributed by atoms with Crippen molar-refractivity contribution in [2.75, 3.05) is 13.1 Å². The van der Waals surface area contributed by atoms with Gasteiger partial charge in [0.1, 0.15) is 6.33 Å². The highest BCUT2D eigenvalue weighted by molar-refractivity contribution is 7.99. The molecule has 1 saturated heterocycles. The Labute approximate surface area is 81.5 Å². The first kappa shape index (κ1) is 9.83. The van der Waals surface area contributed by atoms with Crippen LogP contribution in [0.5, 0.6) is 0 Å². The number of hydrogen-bond donors (Lipinski definition) is 1. The molecule has 0 radical (unpaired) electrons. The fourth-order valence-electron chi connectivity index (χ4n) is 0.874. The summed E-state index contributed by atoms with van der Waals surface area (Å²) in [4.78, 5) is 0. The van der Waals surface area contributed by atoms with Gasteiger partial charge in [-0.2, -0.15) is 0 Å². The molecule has 0 saturated carbocycles. The van der Waals surface area contributed by atoms with E-state index in [4.69, 9.17) is 0 Å². The maximum Gasteiger partial charge on any atom is 0.191 e. The van der Waals surface area contributed by atoms with Crippen LogP contribution in [-0.2, 0) is 7.05 Å². The normalized spacial score (nSPS) is 16.8. The number of hydrogen-bond acceptors (Lipinski definition) is 4. The molecule has 2 heterocycles. The maximum atomic E-state index is 3.99. The van der Waals surface area contributed by atoms with E-state index >= 15 is 0 Å². The lowest BCUT2D eigenvalue weighted by Crippen LogP contribution is -2.44. The summed E-state index contributed by atoms with van der Waals surface area (Å²) in [7, 11) is 1.97.